The number of H-pyrrole nitrogens is 1. The van der Waals surface area contributed by atoms with Gasteiger partial charge in [0.25, 0.3) is 0 Å². The van der Waals surface area contributed by atoms with Crippen LogP contribution in [0.4, 0.5) is 5.82 Å². The molecule has 0 aliphatic rings. The molecule has 0 radical (unpaired) electrons. The Hall–Kier alpha value is -1.98. The number of nitrogens with one attached hydrogen (secondary N) is 2. The molecule has 15 heavy (non-hydrogen) atoms. The van der Waals surface area contributed by atoms with Crippen molar-refractivity contribution in [1.29, 1.82) is 0 Å². The fourth-order valence-electron chi connectivity index (χ4n) is 1.23. The predicted molar refractivity (Wildman–Crippen MR) is 56.2 cm³/mol. The van der Waals surface area contributed by atoms with Gasteiger partial charge in [-0.1, -0.05) is 0 Å². The van der Waals surface area contributed by atoms with E-state index >= 15 is 0 Å². The Bertz CT molecular complexity index is 422. The number of nitrogens with zero attached hydrogens (tertiary/aromatic N) is 4. The van der Waals surface area contributed by atoms with Crippen LogP contribution < -0.4 is 5.32 Å². The molecule has 0 amide bonds. The Labute approximate surface area is 87.1 Å². The van der Waals surface area contributed by atoms with Crippen molar-refractivity contribution in [3.8, 4) is 11.4 Å². The van der Waals surface area contributed by atoms with E-state index in [-0.39, 0.29) is 0 Å². The van der Waals surface area contributed by atoms with Gasteiger partial charge >= 0.3 is 0 Å². The second kappa shape index (κ2) is 4.04. The highest BCUT2D eigenvalue weighted by Gasteiger charge is 2.04. The summed E-state index contributed by atoms with van der Waals surface area (Å²) in [7, 11) is 0. The molecule has 0 aliphatic carbocycles. The molecule has 0 saturated carbocycles. The third-order valence-corrected chi connectivity index (χ3v) is 1.80. The van der Waals surface area contributed by atoms with Gasteiger partial charge in [-0.15, -0.1) is 10.2 Å². The number of aromatic nitrogens is 5. The van der Waals surface area contributed by atoms with E-state index in [4.69, 9.17) is 0 Å². The first-order chi connectivity index (χ1) is 7.25. The summed E-state index contributed by atoms with van der Waals surface area (Å²) in [6, 6.07) is 4.08. The molecule has 0 bridgehead atoms. The van der Waals surface area contributed by atoms with E-state index in [0.29, 0.717) is 11.9 Å². The lowest BCUT2D eigenvalue weighted by Gasteiger charge is -2.08. The van der Waals surface area contributed by atoms with Crippen LogP contribution in [0.5, 0.6) is 0 Å². The molecule has 0 spiro atoms. The summed E-state index contributed by atoms with van der Waals surface area (Å²) in [5.41, 5.74) is 0.891. The van der Waals surface area contributed by atoms with E-state index in [0.717, 1.165) is 11.4 Å². The molecule has 2 aromatic rings. The fourth-order valence-corrected chi connectivity index (χ4v) is 1.23. The van der Waals surface area contributed by atoms with Crippen LogP contribution in [-0.4, -0.2) is 31.6 Å². The van der Waals surface area contributed by atoms with E-state index in [2.05, 4.69) is 44.8 Å². The maximum Gasteiger partial charge on any atom is 0.204 e. The van der Waals surface area contributed by atoms with Crippen LogP contribution in [0.25, 0.3) is 11.4 Å². The highest BCUT2D eigenvalue weighted by molar-refractivity contribution is 5.58. The smallest absolute Gasteiger partial charge is 0.204 e. The largest absolute Gasteiger partial charge is 0.368 e. The second-order valence-electron chi connectivity index (χ2n) is 3.46. The molecular formula is C9H12N6. The lowest BCUT2D eigenvalue weighted by molar-refractivity contribution is 0.881. The molecule has 2 heterocycles. The molecule has 0 saturated heterocycles. The molecule has 78 valence electrons. The van der Waals surface area contributed by atoms with Gasteiger partial charge in [0.15, 0.2) is 0 Å². The van der Waals surface area contributed by atoms with Crippen molar-refractivity contribution in [2.75, 3.05) is 5.32 Å². The number of hydrogen-bond donors (Lipinski definition) is 2. The van der Waals surface area contributed by atoms with Crippen LogP contribution in [0.15, 0.2) is 18.3 Å². The first-order valence-corrected chi connectivity index (χ1v) is 4.72. The number of hydrogen-bond acceptors (Lipinski definition) is 5. The van der Waals surface area contributed by atoms with Crippen LogP contribution in [0.3, 0.4) is 0 Å². The summed E-state index contributed by atoms with van der Waals surface area (Å²) >= 11 is 0. The van der Waals surface area contributed by atoms with Crippen LogP contribution >= 0.6 is 0 Å². The Morgan fingerprint density at radius 2 is 2.27 bits per heavy atom. The van der Waals surface area contributed by atoms with Crippen molar-refractivity contribution in [1.82, 2.24) is 25.6 Å². The molecule has 6 heteroatoms. The highest BCUT2D eigenvalue weighted by atomic mass is 15.5. The summed E-state index contributed by atoms with van der Waals surface area (Å²) in [6.45, 7) is 4.12. The van der Waals surface area contributed by atoms with E-state index in [9.17, 15) is 0 Å². The molecule has 0 atom stereocenters. The summed E-state index contributed by atoms with van der Waals surface area (Å²) in [6.07, 6.45) is 1.72. The van der Waals surface area contributed by atoms with Crippen LogP contribution in [0.2, 0.25) is 0 Å². The van der Waals surface area contributed by atoms with Crippen molar-refractivity contribution < 1.29 is 0 Å². The van der Waals surface area contributed by atoms with Gasteiger partial charge < -0.3 is 5.32 Å². The first kappa shape index (κ1) is 9.57. The van der Waals surface area contributed by atoms with Gasteiger partial charge in [0.05, 0.1) is 0 Å². The third kappa shape index (κ3) is 2.28. The molecule has 2 aromatic heterocycles. The zero-order valence-electron chi connectivity index (χ0n) is 8.60. The molecule has 2 rings (SSSR count). The van der Waals surface area contributed by atoms with E-state index in [1.807, 2.05) is 12.1 Å². The summed E-state index contributed by atoms with van der Waals surface area (Å²) in [5, 5.41) is 16.9. The van der Waals surface area contributed by atoms with Gasteiger partial charge in [-0.2, -0.15) is 5.21 Å². The topological polar surface area (TPSA) is 79.4 Å². The number of aromatic amines is 1. The lowest BCUT2D eigenvalue weighted by atomic mass is 10.2. The number of tetrazole rings is 1. The minimum atomic E-state index is 0.345. The van der Waals surface area contributed by atoms with E-state index in [1.54, 1.807) is 6.20 Å². The fraction of sp³-hybridized carbons (Fsp3) is 0.333. The van der Waals surface area contributed by atoms with Gasteiger partial charge in [-0.3, -0.25) is 0 Å². The van der Waals surface area contributed by atoms with Gasteiger partial charge in [0.2, 0.25) is 5.82 Å². The number of rotatable bonds is 3. The van der Waals surface area contributed by atoms with Crippen molar-refractivity contribution in [2.45, 2.75) is 19.9 Å². The van der Waals surface area contributed by atoms with Crippen LogP contribution in [0, 0.1) is 0 Å². The highest BCUT2D eigenvalue weighted by Crippen LogP contribution is 2.16. The normalized spacial score (nSPS) is 10.6. The minimum Gasteiger partial charge on any atom is -0.368 e. The van der Waals surface area contributed by atoms with Gasteiger partial charge in [0, 0.05) is 17.8 Å². The molecule has 0 fully saturated rings. The zero-order valence-corrected chi connectivity index (χ0v) is 8.60. The second-order valence-corrected chi connectivity index (χ2v) is 3.46. The molecule has 2 N–H and O–H groups in total. The van der Waals surface area contributed by atoms with Crippen LogP contribution in [-0.2, 0) is 0 Å². The Balaban J connectivity index is 2.27. The molecule has 0 aliphatic heterocycles. The zero-order chi connectivity index (χ0) is 10.7. The average molecular weight is 204 g/mol. The summed E-state index contributed by atoms with van der Waals surface area (Å²) < 4.78 is 0. The Kier molecular flexibility index (Phi) is 2.57. The SMILES string of the molecule is CC(C)Nc1cc(-c2nn[nH]n2)ccn1. The van der Waals surface area contributed by atoms with E-state index in [1.165, 1.54) is 0 Å². The van der Waals surface area contributed by atoms with Gasteiger partial charge in [0.1, 0.15) is 5.82 Å². The molecule has 0 aromatic carbocycles. The molecule has 0 unspecified atom stereocenters. The number of pyridine rings is 1. The van der Waals surface area contributed by atoms with Crippen molar-refractivity contribution in [3.05, 3.63) is 18.3 Å². The lowest BCUT2D eigenvalue weighted by Crippen LogP contribution is -2.10. The van der Waals surface area contributed by atoms with Crippen molar-refractivity contribution in [2.24, 2.45) is 0 Å². The molecular weight excluding hydrogens is 192 g/mol. The third-order valence-electron chi connectivity index (χ3n) is 1.80. The van der Waals surface area contributed by atoms with Gasteiger partial charge in [-0.05, 0) is 31.2 Å². The average Bonchev–Trinajstić information content (AvgIpc) is 2.69. The number of anilines is 1. The predicted octanol–water partition coefficient (Wildman–Crippen LogP) is 1.08. The monoisotopic (exact) mass is 204 g/mol. The summed E-state index contributed by atoms with van der Waals surface area (Å²) in [5.74, 6) is 1.39. The Morgan fingerprint density at radius 3 is 2.93 bits per heavy atom. The summed E-state index contributed by atoms with van der Waals surface area (Å²) in [4.78, 5) is 4.19. The van der Waals surface area contributed by atoms with Crippen LogP contribution in [0.1, 0.15) is 13.8 Å². The Morgan fingerprint density at radius 1 is 1.40 bits per heavy atom. The standard InChI is InChI=1S/C9H12N6/c1-6(2)11-8-5-7(3-4-10-8)9-12-14-15-13-9/h3-6H,1-2H3,(H,10,11)(H,12,13,14,15). The van der Waals surface area contributed by atoms with Gasteiger partial charge in [-0.25, -0.2) is 4.98 Å². The quantitative estimate of drug-likeness (QED) is 0.782. The van der Waals surface area contributed by atoms with Crippen molar-refractivity contribution in [3.63, 3.8) is 0 Å². The maximum atomic E-state index is 4.19. The molecule has 6 nitrogen and oxygen atoms in total. The van der Waals surface area contributed by atoms with E-state index < -0.39 is 0 Å². The van der Waals surface area contributed by atoms with Crippen molar-refractivity contribution >= 4 is 5.82 Å². The maximum absolute atomic E-state index is 4.19. The first-order valence-electron chi connectivity index (χ1n) is 4.72. The minimum absolute atomic E-state index is 0.345.